The van der Waals surface area contributed by atoms with E-state index in [9.17, 15) is 9.59 Å². The molecule has 0 aliphatic carbocycles. The van der Waals surface area contributed by atoms with Crippen LogP contribution in [0.2, 0.25) is 0 Å². The molecule has 0 radical (unpaired) electrons. The van der Waals surface area contributed by atoms with Crippen molar-refractivity contribution < 1.29 is 9.59 Å². The predicted octanol–water partition coefficient (Wildman–Crippen LogP) is -1.52. The fourth-order valence-electron chi connectivity index (χ4n) is 1.07. The van der Waals surface area contributed by atoms with E-state index in [1.54, 1.807) is 7.05 Å². The number of nitrogen functional groups attached to an aromatic ring is 1. The lowest BCUT2D eigenvalue weighted by Crippen LogP contribution is -2.36. The third kappa shape index (κ3) is 2.46. The minimum Gasteiger partial charge on any atom is -0.396 e. The summed E-state index contributed by atoms with van der Waals surface area (Å²) in [6, 6.07) is 0. The van der Waals surface area contributed by atoms with Crippen LogP contribution in [-0.4, -0.2) is 35.2 Å². The van der Waals surface area contributed by atoms with Crippen LogP contribution in [0.4, 0.5) is 5.69 Å². The molecule has 15 heavy (non-hydrogen) atoms. The Morgan fingerprint density at radius 2 is 2.27 bits per heavy atom. The molecule has 0 atom stereocenters. The average molecular weight is 211 g/mol. The number of likely N-dealkylation sites (N-methyl/N-ethyl adjacent to an activating group) is 1. The summed E-state index contributed by atoms with van der Waals surface area (Å²) in [5.74, 6) is -0.694. The first-order chi connectivity index (χ1) is 7.06. The van der Waals surface area contributed by atoms with Crippen LogP contribution in [0.15, 0.2) is 6.20 Å². The van der Waals surface area contributed by atoms with Gasteiger partial charge in [-0.2, -0.15) is 5.10 Å². The number of nitrogens with one attached hydrogen (secondary N) is 2. The second-order valence-electron chi connectivity index (χ2n) is 2.93. The molecule has 0 bridgehead atoms. The van der Waals surface area contributed by atoms with Crippen molar-refractivity contribution in [3.63, 3.8) is 0 Å². The van der Waals surface area contributed by atoms with E-state index in [0.29, 0.717) is 0 Å². The van der Waals surface area contributed by atoms with Crippen molar-refractivity contribution in [3.8, 4) is 0 Å². The van der Waals surface area contributed by atoms with E-state index in [4.69, 9.17) is 5.73 Å². The first kappa shape index (κ1) is 11.0. The smallest absolute Gasteiger partial charge is 0.272 e. The minimum absolute atomic E-state index is 0.0834. The first-order valence-electron chi connectivity index (χ1n) is 4.32. The van der Waals surface area contributed by atoms with Gasteiger partial charge >= 0.3 is 0 Å². The Bertz CT molecular complexity index is 365. The number of carbonyl (C=O) groups excluding carboxylic acids is 2. The first-order valence-corrected chi connectivity index (χ1v) is 4.32. The zero-order valence-electron chi connectivity index (χ0n) is 8.57. The van der Waals surface area contributed by atoms with Crippen LogP contribution in [-0.2, 0) is 11.8 Å². The Labute approximate surface area is 86.6 Å². The maximum Gasteiger partial charge on any atom is 0.272 e. The van der Waals surface area contributed by atoms with Gasteiger partial charge in [0.15, 0.2) is 0 Å². The molecule has 0 aliphatic rings. The molecule has 0 spiro atoms. The fraction of sp³-hybridized carbons (Fsp3) is 0.375. The highest BCUT2D eigenvalue weighted by Gasteiger charge is 2.14. The monoisotopic (exact) mass is 211 g/mol. The van der Waals surface area contributed by atoms with Gasteiger partial charge in [-0.1, -0.05) is 0 Å². The van der Waals surface area contributed by atoms with E-state index >= 15 is 0 Å². The van der Waals surface area contributed by atoms with Gasteiger partial charge in [0.05, 0.1) is 18.4 Å². The summed E-state index contributed by atoms with van der Waals surface area (Å²) in [6.45, 7) is -0.0834. The van der Waals surface area contributed by atoms with E-state index in [2.05, 4.69) is 15.7 Å². The Kier molecular flexibility index (Phi) is 3.27. The number of aryl methyl sites for hydroxylation is 1. The van der Waals surface area contributed by atoms with E-state index in [1.807, 2.05) is 0 Å². The number of aromatic nitrogens is 2. The Hall–Kier alpha value is -2.05. The highest BCUT2D eigenvalue weighted by atomic mass is 16.2. The number of carbonyl (C=O) groups is 2. The average Bonchev–Trinajstić information content (AvgIpc) is 2.54. The topological polar surface area (TPSA) is 102 Å². The minimum atomic E-state index is -0.420. The van der Waals surface area contributed by atoms with Gasteiger partial charge < -0.3 is 16.4 Å². The Morgan fingerprint density at radius 3 is 2.73 bits per heavy atom. The number of nitrogens with two attached hydrogens (primary N) is 1. The number of nitrogens with zero attached hydrogens (tertiary/aromatic N) is 2. The second-order valence-corrected chi connectivity index (χ2v) is 2.93. The van der Waals surface area contributed by atoms with Gasteiger partial charge in [-0.15, -0.1) is 0 Å². The van der Waals surface area contributed by atoms with Crippen LogP contribution in [0.3, 0.4) is 0 Å². The Balaban J connectivity index is 2.66. The quantitative estimate of drug-likeness (QED) is 0.565. The van der Waals surface area contributed by atoms with Crippen molar-refractivity contribution >= 4 is 17.5 Å². The number of amides is 2. The van der Waals surface area contributed by atoms with Crippen LogP contribution >= 0.6 is 0 Å². The van der Waals surface area contributed by atoms with Gasteiger partial charge in [0.25, 0.3) is 5.91 Å². The molecule has 7 heteroatoms. The summed E-state index contributed by atoms with van der Waals surface area (Å²) in [6.07, 6.45) is 1.38. The van der Waals surface area contributed by atoms with Crippen molar-refractivity contribution in [2.24, 2.45) is 7.05 Å². The molecule has 1 heterocycles. The lowest BCUT2D eigenvalue weighted by Gasteiger charge is -2.05. The van der Waals surface area contributed by atoms with E-state index in [0.717, 1.165) is 0 Å². The summed E-state index contributed by atoms with van der Waals surface area (Å²) in [4.78, 5) is 22.4. The number of anilines is 1. The van der Waals surface area contributed by atoms with E-state index in [-0.39, 0.29) is 23.8 Å². The molecule has 1 aromatic heterocycles. The van der Waals surface area contributed by atoms with Gasteiger partial charge in [-0.05, 0) is 0 Å². The molecule has 0 aromatic carbocycles. The van der Waals surface area contributed by atoms with Gasteiger partial charge in [0, 0.05) is 14.1 Å². The lowest BCUT2D eigenvalue weighted by molar-refractivity contribution is -0.119. The van der Waals surface area contributed by atoms with Gasteiger partial charge in [-0.25, -0.2) is 0 Å². The fourth-order valence-corrected chi connectivity index (χ4v) is 1.07. The second kappa shape index (κ2) is 4.45. The summed E-state index contributed by atoms with van der Waals surface area (Å²) in [7, 11) is 3.10. The van der Waals surface area contributed by atoms with Crippen LogP contribution in [0.1, 0.15) is 10.5 Å². The molecule has 1 rings (SSSR count). The number of hydrogen-bond donors (Lipinski definition) is 3. The molecule has 0 fully saturated rings. The van der Waals surface area contributed by atoms with Crippen LogP contribution in [0, 0.1) is 0 Å². The summed E-state index contributed by atoms with van der Waals surface area (Å²) < 4.78 is 1.36. The van der Waals surface area contributed by atoms with Crippen LogP contribution in [0.5, 0.6) is 0 Å². The Morgan fingerprint density at radius 1 is 1.60 bits per heavy atom. The maximum atomic E-state index is 11.5. The SMILES string of the molecule is CNC(=O)CNC(=O)c1c(N)cnn1C. The van der Waals surface area contributed by atoms with E-state index in [1.165, 1.54) is 17.9 Å². The maximum absolute atomic E-state index is 11.5. The number of rotatable bonds is 3. The van der Waals surface area contributed by atoms with Crippen molar-refractivity contribution in [1.82, 2.24) is 20.4 Å². The standard InChI is InChI=1S/C8H13N5O2/c1-10-6(14)4-11-8(15)7-5(9)3-12-13(7)2/h3H,4,9H2,1-2H3,(H,10,14)(H,11,15). The highest BCUT2D eigenvalue weighted by molar-refractivity contribution is 5.99. The molecule has 1 aromatic rings. The molecular weight excluding hydrogens is 198 g/mol. The lowest BCUT2D eigenvalue weighted by atomic mass is 10.3. The van der Waals surface area contributed by atoms with Crippen LogP contribution < -0.4 is 16.4 Å². The van der Waals surface area contributed by atoms with Gasteiger partial charge in [0.2, 0.25) is 5.91 Å². The zero-order valence-corrected chi connectivity index (χ0v) is 8.57. The van der Waals surface area contributed by atoms with Crippen molar-refractivity contribution in [2.75, 3.05) is 19.3 Å². The molecular formula is C8H13N5O2. The summed E-state index contributed by atoms with van der Waals surface area (Å²) in [5.41, 5.74) is 6.07. The third-order valence-corrected chi connectivity index (χ3v) is 1.87. The molecule has 0 saturated heterocycles. The summed E-state index contributed by atoms with van der Waals surface area (Å²) in [5, 5.41) is 8.63. The molecule has 0 aliphatic heterocycles. The van der Waals surface area contributed by atoms with Crippen molar-refractivity contribution in [2.45, 2.75) is 0 Å². The predicted molar refractivity (Wildman–Crippen MR) is 54.0 cm³/mol. The third-order valence-electron chi connectivity index (χ3n) is 1.87. The highest BCUT2D eigenvalue weighted by Crippen LogP contribution is 2.08. The van der Waals surface area contributed by atoms with Crippen molar-refractivity contribution in [1.29, 1.82) is 0 Å². The molecule has 0 saturated carbocycles. The summed E-state index contributed by atoms with van der Waals surface area (Å²) >= 11 is 0. The molecule has 2 amide bonds. The zero-order chi connectivity index (χ0) is 11.4. The van der Waals surface area contributed by atoms with Crippen LogP contribution in [0.25, 0.3) is 0 Å². The van der Waals surface area contributed by atoms with Crippen molar-refractivity contribution in [3.05, 3.63) is 11.9 Å². The largest absolute Gasteiger partial charge is 0.396 e. The molecule has 4 N–H and O–H groups in total. The molecule has 82 valence electrons. The normalized spacial score (nSPS) is 9.73. The van der Waals surface area contributed by atoms with Gasteiger partial charge in [-0.3, -0.25) is 14.3 Å². The molecule has 0 unspecified atom stereocenters. The van der Waals surface area contributed by atoms with E-state index < -0.39 is 5.91 Å². The van der Waals surface area contributed by atoms with Gasteiger partial charge in [0.1, 0.15) is 5.69 Å². The molecule has 7 nitrogen and oxygen atoms in total. The number of hydrogen-bond acceptors (Lipinski definition) is 4.